The lowest BCUT2D eigenvalue weighted by Gasteiger charge is -2.29. The predicted molar refractivity (Wildman–Crippen MR) is 77.2 cm³/mol. The maximum atomic E-state index is 12.2. The summed E-state index contributed by atoms with van der Waals surface area (Å²) in [6.07, 6.45) is 3.54. The first-order valence-corrected chi connectivity index (χ1v) is 7.63. The van der Waals surface area contributed by atoms with Gasteiger partial charge >= 0.3 is 0 Å². The third-order valence-corrected chi connectivity index (χ3v) is 4.49. The normalized spacial score (nSPS) is 17.6. The van der Waals surface area contributed by atoms with Crippen LogP contribution >= 0.6 is 23.4 Å². The van der Waals surface area contributed by atoms with Gasteiger partial charge in [-0.25, -0.2) is 0 Å². The Labute approximate surface area is 118 Å². The second-order valence-corrected chi connectivity index (χ2v) is 6.45. The fourth-order valence-electron chi connectivity index (χ4n) is 2.14. The van der Waals surface area contributed by atoms with E-state index in [1.165, 1.54) is 6.42 Å². The Kier molecular flexibility index (Phi) is 4.95. The number of amides is 1. The SMILES string of the molecule is C[C@H](Sc1ccc(Cl)cc1)C(=O)N1CCCCC1. The molecule has 1 aliphatic heterocycles. The number of hydrogen-bond donors (Lipinski definition) is 0. The van der Waals surface area contributed by atoms with Crippen molar-refractivity contribution in [2.45, 2.75) is 36.3 Å². The van der Waals surface area contributed by atoms with Crippen molar-refractivity contribution < 1.29 is 4.79 Å². The number of piperidine rings is 1. The molecule has 0 aliphatic carbocycles. The summed E-state index contributed by atoms with van der Waals surface area (Å²) in [6, 6.07) is 7.66. The van der Waals surface area contributed by atoms with Crippen molar-refractivity contribution in [1.82, 2.24) is 4.90 Å². The first-order valence-electron chi connectivity index (χ1n) is 6.38. The molecule has 0 spiro atoms. The van der Waals surface area contributed by atoms with Gasteiger partial charge in [0.05, 0.1) is 5.25 Å². The first kappa shape index (κ1) is 13.8. The molecule has 1 heterocycles. The van der Waals surface area contributed by atoms with Crippen LogP contribution < -0.4 is 0 Å². The molecule has 0 aromatic heterocycles. The molecule has 1 aliphatic rings. The van der Waals surface area contributed by atoms with E-state index in [-0.39, 0.29) is 11.2 Å². The van der Waals surface area contributed by atoms with Crippen molar-refractivity contribution in [3.8, 4) is 0 Å². The topological polar surface area (TPSA) is 20.3 Å². The third-order valence-electron chi connectivity index (χ3n) is 3.14. The minimum Gasteiger partial charge on any atom is -0.342 e. The average molecular weight is 284 g/mol. The number of thioether (sulfide) groups is 1. The highest BCUT2D eigenvalue weighted by atomic mass is 35.5. The van der Waals surface area contributed by atoms with E-state index in [1.54, 1.807) is 11.8 Å². The molecule has 98 valence electrons. The molecule has 18 heavy (non-hydrogen) atoms. The average Bonchev–Trinajstić information content (AvgIpc) is 2.41. The molecule has 1 fully saturated rings. The molecule has 1 aromatic rings. The fourth-order valence-corrected chi connectivity index (χ4v) is 3.22. The van der Waals surface area contributed by atoms with Crippen LogP contribution in [0.2, 0.25) is 5.02 Å². The summed E-state index contributed by atoms with van der Waals surface area (Å²) in [6.45, 7) is 3.82. The van der Waals surface area contributed by atoms with Crippen LogP contribution in [-0.4, -0.2) is 29.1 Å². The molecule has 0 unspecified atom stereocenters. The molecule has 1 atom stereocenters. The molecular formula is C14H18ClNOS. The van der Waals surface area contributed by atoms with Gasteiger partial charge in [-0.15, -0.1) is 11.8 Å². The van der Waals surface area contributed by atoms with E-state index in [1.807, 2.05) is 36.1 Å². The first-order chi connectivity index (χ1) is 8.66. The van der Waals surface area contributed by atoms with Gasteiger partial charge in [0.25, 0.3) is 0 Å². The Morgan fingerprint density at radius 2 is 1.83 bits per heavy atom. The smallest absolute Gasteiger partial charge is 0.235 e. The van der Waals surface area contributed by atoms with Gasteiger partial charge in [0.1, 0.15) is 0 Å². The number of halogens is 1. The largest absolute Gasteiger partial charge is 0.342 e. The summed E-state index contributed by atoms with van der Waals surface area (Å²) < 4.78 is 0. The van der Waals surface area contributed by atoms with Crippen LogP contribution in [0.3, 0.4) is 0 Å². The number of hydrogen-bond acceptors (Lipinski definition) is 2. The molecule has 0 bridgehead atoms. The lowest BCUT2D eigenvalue weighted by Crippen LogP contribution is -2.40. The van der Waals surface area contributed by atoms with Crippen LogP contribution in [-0.2, 0) is 4.79 Å². The second kappa shape index (κ2) is 6.48. The quantitative estimate of drug-likeness (QED) is 0.786. The molecule has 2 nitrogen and oxygen atoms in total. The maximum Gasteiger partial charge on any atom is 0.235 e. The summed E-state index contributed by atoms with van der Waals surface area (Å²) in [5.74, 6) is 0.259. The molecule has 1 saturated heterocycles. The highest BCUT2D eigenvalue weighted by Gasteiger charge is 2.22. The summed E-state index contributed by atoms with van der Waals surface area (Å²) in [7, 11) is 0. The van der Waals surface area contributed by atoms with Crippen molar-refractivity contribution in [1.29, 1.82) is 0 Å². The lowest BCUT2D eigenvalue weighted by molar-refractivity contribution is -0.131. The summed E-state index contributed by atoms with van der Waals surface area (Å²) >= 11 is 7.45. The highest BCUT2D eigenvalue weighted by molar-refractivity contribution is 8.00. The fraction of sp³-hybridized carbons (Fsp3) is 0.500. The van der Waals surface area contributed by atoms with Crippen molar-refractivity contribution in [3.63, 3.8) is 0 Å². The Morgan fingerprint density at radius 1 is 1.22 bits per heavy atom. The molecule has 0 N–H and O–H groups in total. The minimum atomic E-state index is -0.0238. The van der Waals surface area contributed by atoms with E-state index >= 15 is 0 Å². The molecule has 2 rings (SSSR count). The number of carbonyl (C=O) groups is 1. The van der Waals surface area contributed by atoms with Gasteiger partial charge in [-0.05, 0) is 50.5 Å². The molecule has 4 heteroatoms. The van der Waals surface area contributed by atoms with Crippen molar-refractivity contribution >= 4 is 29.3 Å². The van der Waals surface area contributed by atoms with Crippen LogP contribution in [0.5, 0.6) is 0 Å². The second-order valence-electron chi connectivity index (χ2n) is 4.60. The minimum absolute atomic E-state index is 0.0238. The third kappa shape index (κ3) is 3.66. The monoisotopic (exact) mass is 283 g/mol. The molecule has 0 saturated carbocycles. The Balaban J connectivity index is 1.92. The highest BCUT2D eigenvalue weighted by Crippen LogP contribution is 2.26. The molecule has 1 aromatic carbocycles. The summed E-state index contributed by atoms with van der Waals surface area (Å²) in [4.78, 5) is 15.3. The zero-order valence-electron chi connectivity index (χ0n) is 10.6. The van der Waals surface area contributed by atoms with Gasteiger partial charge in [0.15, 0.2) is 0 Å². The van der Waals surface area contributed by atoms with E-state index in [2.05, 4.69) is 0 Å². The molecule has 0 radical (unpaired) electrons. The number of likely N-dealkylation sites (tertiary alicyclic amines) is 1. The molecular weight excluding hydrogens is 266 g/mol. The zero-order chi connectivity index (χ0) is 13.0. The zero-order valence-corrected chi connectivity index (χ0v) is 12.1. The van der Waals surface area contributed by atoms with Crippen molar-refractivity contribution in [2.75, 3.05) is 13.1 Å². The van der Waals surface area contributed by atoms with Crippen LogP contribution in [0.25, 0.3) is 0 Å². The van der Waals surface area contributed by atoms with E-state index in [4.69, 9.17) is 11.6 Å². The standard InChI is InChI=1S/C14H18ClNOS/c1-11(14(17)16-9-3-2-4-10-16)18-13-7-5-12(15)6-8-13/h5-8,11H,2-4,9-10H2,1H3/t11-/m0/s1. The number of carbonyl (C=O) groups excluding carboxylic acids is 1. The van der Waals surface area contributed by atoms with Crippen LogP contribution in [0.4, 0.5) is 0 Å². The predicted octanol–water partition coefficient (Wildman–Crippen LogP) is 3.83. The van der Waals surface area contributed by atoms with Crippen LogP contribution in [0, 0.1) is 0 Å². The van der Waals surface area contributed by atoms with Gasteiger partial charge in [-0.3, -0.25) is 4.79 Å². The van der Waals surface area contributed by atoms with Gasteiger partial charge in [-0.2, -0.15) is 0 Å². The Hall–Kier alpha value is -0.670. The van der Waals surface area contributed by atoms with Gasteiger partial charge in [-0.1, -0.05) is 11.6 Å². The van der Waals surface area contributed by atoms with Crippen molar-refractivity contribution in [2.24, 2.45) is 0 Å². The molecule has 1 amide bonds. The van der Waals surface area contributed by atoms with E-state index in [9.17, 15) is 4.79 Å². The lowest BCUT2D eigenvalue weighted by atomic mass is 10.1. The van der Waals surface area contributed by atoms with E-state index in [0.29, 0.717) is 0 Å². The number of rotatable bonds is 3. The van der Waals surface area contributed by atoms with Crippen LogP contribution in [0.1, 0.15) is 26.2 Å². The van der Waals surface area contributed by atoms with Gasteiger partial charge in [0, 0.05) is 23.0 Å². The Morgan fingerprint density at radius 3 is 2.44 bits per heavy atom. The Bertz CT molecular complexity index is 401. The maximum absolute atomic E-state index is 12.2. The summed E-state index contributed by atoms with van der Waals surface area (Å²) in [5, 5.41) is 0.707. The number of nitrogens with zero attached hydrogens (tertiary/aromatic N) is 1. The van der Waals surface area contributed by atoms with Crippen molar-refractivity contribution in [3.05, 3.63) is 29.3 Å². The summed E-state index contributed by atoms with van der Waals surface area (Å²) in [5.41, 5.74) is 0. The van der Waals surface area contributed by atoms with E-state index < -0.39 is 0 Å². The van der Waals surface area contributed by atoms with E-state index in [0.717, 1.165) is 35.8 Å². The van der Waals surface area contributed by atoms with Crippen LogP contribution in [0.15, 0.2) is 29.2 Å². The van der Waals surface area contributed by atoms with Gasteiger partial charge in [0.2, 0.25) is 5.91 Å². The van der Waals surface area contributed by atoms with Gasteiger partial charge < -0.3 is 4.90 Å². The number of benzene rings is 1.